The summed E-state index contributed by atoms with van der Waals surface area (Å²) < 4.78 is 6.95. The van der Waals surface area contributed by atoms with Gasteiger partial charge in [-0.3, -0.25) is 13.9 Å². The first-order valence-electron chi connectivity index (χ1n) is 5.18. The molecule has 0 aromatic carbocycles. The summed E-state index contributed by atoms with van der Waals surface area (Å²) in [4.78, 5) is 23.8. The molecule has 2 rings (SSSR count). The number of hydrogen-bond donors (Lipinski definition) is 2. The molecule has 0 radical (unpaired) electrons. The van der Waals surface area contributed by atoms with Crippen LogP contribution in [0.5, 0.6) is 0 Å². The minimum atomic E-state index is -0.628. The molecule has 0 aliphatic carbocycles. The SMILES string of the molecule is Cc1cc(Cn2c(=O)c(N)c(N)n(C)c2=O)no1. The van der Waals surface area contributed by atoms with E-state index in [9.17, 15) is 9.59 Å². The quantitative estimate of drug-likeness (QED) is 0.710. The Labute approximate surface area is 101 Å². The fourth-order valence-corrected chi connectivity index (χ4v) is 1.60. The number of anilines is 2. The summed E-state index contributed by atoms with van der Waals surface area (Å²) in [6.45, 7) is 1.71. The summed E-state index contributed by atoms with van der Waals surface area (Å²) in [7, 11) is 1.44. The zero-order valence-corrected chi connectivity index (χ0v) is 10.0. The monoisotopic (exact) mass is 251 g/mol. The second kappa shape index (κ2) is 4.06. The molecule has 0 saturated carbocycles. The van der Waals surface area contributed by atoms with E-state index in [4.69, 9.17) is 16.0 Å². The Bertz CT molecular complexity index is 672. The van der Waals surface area contributed by atoms with Gasteiger partial charge in [-0.1, -0.05) is 5.16 Å². The number of aryl methyl sites for hydroxylation is 1. The van der Waals surface area contributed by atoms with Gasteiger partial charge in [0.05, 0.1) is 6.54 Å². The average molecular weight is 251 g/mol. The van der Waals surface area contributed by atoms with E-state index in [1.54, 1.807) is 13.0 Å². The molecule has 0 atom stereocenters. The van der Waals surface area contributed by atoms with Crippen LogP contribution in [0.4, 0.5) is 11.5 Å². The smallest absolute Gasteiger partial charge is 0.332 e. The third-order valence-corrected chi connectivity index (χ3v) is 2.63. The molecule has 8 heteroatoms. The standard InChI is InChI=1S/C10H13N5O3/c1-5-3-6(13-18-5)4-15-9(16)7(11)8(12)14(2)10(15)17/h3H,4,11-12H2,1-2H3. The van der Waals surface area contributed by atoms with E-state index in [1.807, 2.05) is 0 Å². The summed E-state index contributed by atoms with van der Waals surface area (Å²) in [5.41, 5.74) is 10.2. The number of nitrogens with zero attached hydrogens (tertiary/aromatic N) is 3. The molecule has 4 N–H and O–H groups in total. The fraction of sp³-hybridized carbons (Fsp3) is 0.300. The minimum Gasteiger partial charge on any atom is -0.391 e. The van der Waals surface area contributed by atoms with Gasteiger partial charge < -0.3 is 16.0 Å². The normalized spacial score (nSPS) is 10.8. The number of aromatic nitrogens is 3. The van der Waals surface area contributed by atoms with Crippen molar-refractivity contribution >= 4 is 11.5 Å². The van der Waals surface area contributed by atoms with Gasteiger partial charge in [0.1, 0.15) is 23.0 Å². The lowest BCUT2D eigenvalue weighted by molar-refractivity contribution is 0.388. The van der Waals surface area contributed by atoms with Crippen LogP contribution in [0.15, 0.2) is 20.2 Å². The van der Waals surface area contributed by atoms with E-state index in [0.29, 0.717) is 11.5 Å². The van der Waals surface area contributed by atoms with Gasteiger partial charge in [0.25, 0.3) is 5.56 Å². The summed E-state index contributed by atoms with van der Waals surface area (Å²) in [6.07, 6.45) is 0. The predicted molar refractivity (Wildman–Crippen MR) is 65.1 cm³/mol. The van der Waals surface area contributed by atoms with Gasteiger partial charge in [0, 0.05) is 13.1 Å². The second-order valence-corrected chi connectivity index (χ2v) is 3.96. The molecule has 0 fully saturated rings. The van der Waals surface area contributed by atoms with E-state index in [2.05, 4.69) is 5.16 Å². The minimum absolute atomic E-state index is 0.00662. The lowest BCUT2D eigenvalue weighted by Crippen LogP contribution is -2.41. The first kappa shape index (κ1) is 12.0. The highest BCUT2D eigenvalue weighted by molar-refractivity contribution is 5.56. The maximum Gasteiger partial charge on any atom is 0.332 e. The molecule has 0 spiro atoms. The topological polar surface area (TPSA) is 122 Å². The van der Waals surface area contributed by atoms with Crippen LogP contribution in [0.1, 0.15) is 11.5 Å². The highest BCUT2D eigenvalue weighted by Gasteiger charge is 2.14. The van der Waals surface area contributed by atoms with E-state index in [-0.39, 0.29) is 18.1 Å². The van der Waals surface area contributed by atoms with Crippen LogP contribution < -0.4 is 22.7 Å². The van der Waals surface area contributed by atoms with Gasteiger partial charge in [0.15, 0.2) is 0 Å². The van der Waals surface area contributed by atoms with Crippen LogP contribution in [0, 0.1) is 6.92 Å². The average Bonchev–Trinajstić information content (AvgIpc) is 2.75. The van der Waals surface area contributed by atoms with Crippen molar-refractivity contribution in [1.82, 2.24) is 14.3 Å². The lowest BCUT2D eigenvalue weighted by Gasteiger charge is -2.10. The zero-order valence-electron chi connectivity index (χ0n) is 10.0. The first-order chi connectivity index (χ1) is 8.41. The molecule has 2 aromatic rings. The Hall–Kier alpha value is -2.51. The Kier molecular flexibility index (Phi) is 2.70. The van der Waals surface area contributed by atoms with E-state index in [1.165, 1.54) is 7.05 Å². The molecule has 0 unspecified atom stereocenters. The third-order valence-electron chi connectivity index (χ3n) is 2.63. The maximum atomic E-state index is 11.9. The van der Waals surface area contributed by atoms with Crippen molar-refractivity contribution in [2.45, 2.75) is 13.5 Å². The van der Waals surface area contributed by atoms with Crippen molar-refractivity contribution in [1.29, 1.82) is 0 Å². The third kappa shape index (κ3) is 1.77. The molecular weight excluding hydrogens is 238 g/mol. The van der Waals surface area contributed by atoms with Crippen LogP contribution >= 0.6 is 0 Å². The summed E-state index contributed by atoms with van der Waals surface area (Å²) in [6, 6.07) is 1.64. The second-order valence-electron chi connectivity index (χ2n) is 3.96. The van der Waals surface area contributed by atoms with Gasteiger partial charge in [-0.25, -0.2) is 4.79 Å². The number of hydrogen-bond acceptors (Lipinski definition) is 6. The van der Waals surface area contributed by atoms with Crippen molar-refractivity contribution in [3.8, 4) is 0 Å². The van der Waals surface area contributed by atoms with Crippen molar-refractivity contribution in [3.63, 3.8) is 0 Å². The van der Waals surface area contributed by atoms with E-state index in [0.717, 1.165) is 9.13 Å². The molecule has 0 aliphatic heterocycles. The van der Waals surface area contributed by atoms with Crippen molar-refractivity contribution in [2.75, 3.05) is 11.5 Å². The molecule has 96 valence electrons. The van der Waals surface area contributed by atoms with Crippen molar-refractivity contribution in [2.24, 2.45) is 7.05 Å². The molecule has 0 bridgehead atoms. The van der Waals surface area contributed by atoms with Crippen LogP contribution in [0.2, 0.25) is 0 Å². The van der Waals surface area contributed by atoms with Gasteiger partial charge in [0.2, 0.25) is 0 Å². The lowest BCUT2D eigenvalue weighted by atomic mass is 10.3. The summed E-state index contributed by atoms with van der Waals surface area (Å²) in [5.74, 6) is 0.552. The highest BCUT2D eigenvalue weighted by atomic mass is 16.5. The Morgan fingerprint density at radius 1 is 1.39 bits per heavy atom. The maximum absolute atomic E-state index is 11.9. The number of rotatable bonds is 2. The fourth-order valence-electron chi connectivity index (χ4n) is 1.60. The predicted octanol–water partition coefficient (Wildman–Crippen LogP) is -0.944. The Morgan fingerprint density at radius 3 is 2.61 bits per heavy atom. The molecule has 0 saturated heterocycles. The molecule has 0 aliphatic rings. The highest BCUT2D eigenvalue weighted by Crippen LogP contribution is 2.05. The van der Waals surface area contributed by atoms with Crippen molar-refractivity contribution in [3.05, 3.63) is 38.4 Å². The molecule has 18 heavy (non-hydrogen) atoms. The summed E-state index contributed by atoms with van der Waals surface area (Å²) in [5, 5.41) is 3.72. The molecule has 0 amide bonds. The molecule has 8 nitrogen and oxygen atoms in total. The van der Waals surface area contributed by atoms with Crippen molar-refractivity contribution < 1.29 is 4.52 Å². The molecule has 2 heterocycles. The largest absolute Gasteiger partial charge is 0.391 e. The number of nitrogen functional groups attached to an aromatic ring is 2. The van der Waals surface area contributed by atoms with Gasteiger partial charge >= 0.3 is 5.69 Å². The zero-order chi connectivity index (χ0) is 13.4. The van der Waals surface area contributed by atoms with Crippen LogP contribution in [-0.2, 0) is 13.6 Å². The van der Waals surface area contributed by atoms with E-state index < -0.39 is 11.2 Å². The van der Waals surface area contributed by atoms with E-state index >= 15 is 0 Å². The van der Waals surface area contributed by atoms with Crippen LogP contribution in [0.3, 0.4) is 0 Å². The summed E-state index contributed by atoms with van der Waals surface area (Å²) >= 11 is 0. The Balaban J connectivity index is 2.59. The van der Waals surface area contributed by atoms with Gasteiger partial charge in [-0.2, -0.15) is 0 Å². The van der Waals surface area contributed by atoms with Gasteiger partial charge in [-0.05, 0) is 6.92 Å². The van der Waals surface area contributed by atoms with Crippen LogP contribution in [-0.4, -0.2) is 14.3 Å². The molecule has 2 aromatic heterocycles. The molecular formula is C10H13N5O3. The van der Waals surface area contributed by atoms with Crippen LogP contribution in [0.25, 0.3) is 0 Å². The first-order valence-corrected chi connectivity index (χ1v) is 5.18. The Morgan fingerprint density at radius 2 is 2.06 bits per heavy atom. The van der Waals surface area contributed by atoms with Gasteiger partial charge in [-0.15, -0.1) is 0 Å². The number of nitrogens with two attached hydrogens (primary N) is 2.